The van der Waals surface area contributed by atoms with Gasteiger partial charge in [-0.15, -0.1) is 10.2 Å². The van der Waals surface area contributed by atoms with Gasteiger partial charge >= 0.3 is 5.69 Å². The average Bonchev–Trinajstić information content (AvgIpc) is 3.19. The van der Waals surface area contributed by atoms with E-state index in [1.165, 1.54) is 31.2 Å². The van der Waals surface area contributed by atoms with Crippen molar-refractivity contribution >= 4 is 23.7 Å². The minimum atomic E-state index is -0.489. The van der Waals surface area contributed by atoms with Gasteiger partial charge in [-0.2, -0.15) is 9.78 Å². The predicted molar refractivity (Wildman–Crippen MR) is 124 cm³/mol. The van der Waals surface area contributed by atoms with Crippen LogP contribution in [0.25, 0.3) is 0 Å². The van der Waals surface area contributed by atoms with E-state index in [1.54, 1.807) is 10.7 Å². The van der Waals surface area contributed by atoms with Crippen molar-refractivity contribution in [1.82, 2.24) is 14.9 Å². The highest BCUT2D eigenvalue weighted by Gasteiger charge is 2.22. The second-order valence-electron chi connectivity index (χ2n) is 7.36. The van der Waals surface area contributed by atoms with Gasteiger partial charge in [0, 0.05) is 17.5 Å². The molecule has 168 valence electrons. The highest BCUT2D eigenvalue weighted by molar-refractivity contribution is 7.98. The number of nitrogens with zero attached hydrogens (tertiary/aromatic N) is 5. The van der Waals surface area contributed by atoms with Crippen LogP contribution in [0.15, 0.2) is 46.7 Å². The van der Waals surface area contributed by atoms with Crippen molar-refractivity contribution < 1.29 is 14.4 Å². The van der Waals surface area contributed by atoms with Crippen LogP contribution < -0.4 is 9.47 Å². The zero-order chi connectivity index (χ0) is 23.3. The third kappa shape index (κ3) is 5.25. The molecule has 0 bridgehead atoms. The van der Waals surface area contributed by atoms with Gasteiger partial charge in [-0.3, -0.25) is 10.1 Å². The molecule has 0 radical (unpaired) electrons. The lowest BCUT2D eigenvalue weighted by Gasteiger charge is -2.12. The molecule has 1 heterocycles. The van der Waals surface area contributed by atoms with Crippen molar-refractivity contribution in [2.75, 3.05) is 13.4 Å². The van der Waals surface area contributed by atoms with Gasteiger partial charge in [0.15, 0.2) is 11.6 Å². The van der Waals surface area contributed by atoms with Gasteiger partial charge in [0.05, 0.1) is 18.2 Å². The molecule has 0 N–H and O–H groups in total. The summed E-state index contributed by atoms with van der Waals surface area (Å²) < 4.78 is 12.9. The van der Waals surface area contributed by atoms with E-state index in [1.807, 2.05) is 51.3 Å². The Labute approximate surface area is 190 Å². The summed E-state index contributed by atoms with van der Waals surface area (Å²) in [5.41, 5.74) is 2.28. The molecule has 9 nitrogen and oxygen atoms in total. The van der Waals surface area contributed by atoms with E-state index >= 15 is 0 Å². The van der Waals surface area contributed by atoms with Gasteiger partial charge in [-0.25, -0.2) is 0 Å². The fourth-order valence-corrected chi connectivity index (χ4v) is 3.51. The molecule has 0 amide bonds. The first kappa shape index (κ1) is 23.3. The Balaban J connectivity index is 1.96. The topological polar surface area (TPSA) is 105 Å². The Hall–Kier alpha value is -3.40. The Bertz CT molecular complexity index is 1140. The maximum Gasteiger partial charge on any atom is 0.315 e. The summed E-state index contributed by atoms with van der Waals surface area (Å²) in [4.78, 5) is 11.3. The van der Waals surface area contributed by atoms with Crippen LogP contribution >= 0.6 is 11.8 Å². The minimum absolute atomic E-state index is 0.0770. The molecule has 0 aliphatic carbocycles. The summed E-state index contributed by atoms with van der Waals surface area (Å²) >= 11 is 1.42. The zero-order valence-corrected chi connectivity index (χ0v) is 19.4. The summed E-state index contributed by atoms with van der Waals surface area (Å²) in [6.07, 6.45) is 3.41. The molecule has 32 heavy (non-hydrogen) atoms. The van der Waals surface area contributed by atoms with E-state index in [4.69, 9.17) is 9.47 Å². The molecule has 0 spiro atoms. The summed E-state index contributed by atoms with van der Waals surface area (Å²) in [5.74, 6) is 1.14. The lowest BCUT2D eigenvalue weighted by atomic mass is 10.1. The standard InChI is InChI=1S/C22H25N5O4S/c1-14(2)21-24-25-22(32-5)26(21)23-12-17-10-18(27(28)29)20(19(11-17)30-4)31-13-16-8-6-7-15(3)9-16/h6-12,14H,13H2,1-5H3/b23-12-. The van der Waals surface area contributed by atoms with Crippen molar-refractivity contribution in [2.45, 2.75) is 38.5 Å². The number of hydrogen-bond acceptors (Lipinski definition) is 8. The number of methoxy groups -OCH3 is 1. The van der Waals surface area contributed by atoms with Crippen LogP contribution in [0.1, 0.15) is 42.3 Å². The number of ether oxygens (including phenoxy) is 2. The molecule has 0 atom stereocenters. The number of nitro benzene ring substituents is 1. The van der Waals surface area contributed by atoms with Crippen molar-refractivity contribution in [3.05, 3.63) is 69.0 Å². The molecular weight excluding hydrogens is 430 g/mol. The highest BCUT2D eigenvalue weighted by Crippen LogP contribution is 2.38. The summed E-state index contributed by atoms with van der Waals surface area (Å²) in [7, 11) is 1.45. The molecule has 3 aromatic rings. The lowest BCUT2D eigenvalue weighted by Crippen LogP contribution is -2.04. The lowest BCUT2D eigenvalue weighted by molar-refractivity contribution is -0.386. The van der Waals surface area contributed by atoms with E-state index in [0.29, 0.717) is 16.5 Å². The van der Waals surface area contributed by atoms with E-state index < -0.39 is 4.92 Å². The van der Waals surface area contributed by atoms with Crippen molar-refractivity contribution in [3.63, 3.8) is 0 Å². The number of aryl methyl sites for hydroxylation is 1. The minimum Gasteiger partial charge on any atom is -0.493 e. The van der Waals surface area contributed by atoms with Gasteiger partial charge < -0.3 is 9.47 Å². The van der Waals surface area contributed by atoms with Crippen LogP contribution in [0.2, 0.25) is 0 Å². The molecule has 1 aromatic heterocycles. The third-order valence-corrected chi connectivity index (χ3v) is 5.22. The van der Waals surface area contributed by atoms with Crippen LogP contribution in [0.5, 0.6) is 11.5 Å². The number of nitro groups is 1. The van der Waals surface area contributed by atoms with E-state index in [9.17, 15) is 10.1 Å². The monoisotopic (exact) mass is 455 g/mol. The maximum absolute atomic E-state index is 11.8. The fourth-order valence-electron chi connectivity index (χ4n) is 3.07. The number of hydrogen-bond donors (Lipinski definition) is 0. The van der Waals surface area contributed by atoms with Gasteiger partial charge in [0.25, 0.3) is 0 Å². The second-order valence-corrected chi connectivity index (χ2v) is 8.14. The second kappa shape index (κ2) is 10.3. The number of aromatic nitrogens is 3. The average molecular weight is 456 g/mol. The van der Waals surface area contributed by atoms with E-state index in [-0.39, 0.29) is 29.7 Å². The molecule has 2 aromatic carbocycles. The third-order valence-electron chi connectivity index (χ3n) is 4.60. The van der Waals surface area contributed by atoms with Gasteiger partial charge in [0.2, 0.25) is 10.9 Å². The molecule has 0 saturated heterocycles. The van der Waals surface area contributed by atoms with Crippen LogP contribution in [0, 0.1) is 17.0 Å². The molecule has 10 heteroatoms. The first-order chi connectivity index (χ1) is 15.3. The molecule has 0 aliphatic rings. The summed E-state index contributed by atoms with van der Waals surface area (Å²) in [5, 5.41) is 25.2. The molecule has 3 rings (SSSR count). The van der Waals surface area contributed by atoms with Crippen molar-refractivity contribution in [3.8, 4) is 11.5 Å². The number of benzene rings is 2. The van der Waals surface area contributed by atoms with Crippen molar-refractivity contribution in [1.29, 1.82) is 0 Å². The van der Waals surface area contributed by atoms with Crippen LogP contribution in [0.4, 0.5) is 5.69 Å². The van der Waals surface area contributed by atoms with Crippen LogP contribution in [-0.4, -0.2) is 39.4 Å². The normalized spacial score (nSPS) is 11.3. The van der Waals surface area contributed by atoms with Crippen molar-refractivity contribution in [2.24, 2.45) is 5.10 Å². The van der Waals surface area contributed by atoms with E-state index in [2.05, 4.69) is 15.3 Å². The quantitative estimate of drug-likeness (QED) is 0.197. The maximum atomic E-state index is 11.8. The largest absolute Gasteiger partial charge is 0.493 e. The van der Waals surface area contributed by atoms with Gasteiger partial charge in [0.1, 0.15) is 6.61 Å². The molecule has 0 saturated carbocycles. The Morgan fingerprint density at radius 3 is 2.69 bits per heavy atom. The Morgan fingerprint density at radius 2 is 2.06 bits per heavy atom. The summed E-state index contributed by atoms with van der Waals surface area (Å²) in [6, 6.07) is 10.8. The summed E-state index contributed by atoms with van der Waals surface area (Å²) in [6.45, 7) is 6.15. The fraction of sp³-hybridized carbons (Fsp3) is 0.318. The number of rotatable bonds is 9. The van der Waals surface area contributed by atoms with Crippen LogP contribution in [-0.2, 0) is 6.61 Å². The molecule has 0 unspecified atom stereocenters. The molecular formula is C22H25N5O4S. The first-order valence-corrected chi connectivity index (χ1v) is 11.1. The SMILES string of the molecule is COc1cc(/C=N\n2c(SC)nnc2C(C)C)cc([N+](=O)[O-])c1OCc1cccc(C)c1. The van der Waals surface area contributed by atoms with Gasteiger partial charge in [-0.05, 0) is 24.8 Å². The molecule has 0 aliphatic heterocycles. The first-order valence-electron chi connectivity index (χ1n) is 9.92. The van der Waals surface area contributed by atoms with E-state index in [0.717, 1.165) is 11.1 Å². The highest BCUT2D eigenvalue weighted by atomic mass is 32.2. The predicted octanol–water partition coefficient (Wildman–Crippen LogP) is 4.81. The van der Waals surface area contributed by atoms with Gasteiger partial charge in [-0.1, -0.05) is 55.4 Å². The van der Waals surface area contributed by atoms with Crippen LogP contribution in [0.3, 0.4) is 0 Å². The number of thioether (sulfide) groups is 1. The zero-order valence-electron chi connectivity index (χ0n) is 18.6. The smallest absolute Gasteiger partial charge is 0.315 e. The Kier molecular flexibility index (Phi) is 7.47. The Morgan fingerprint density at radius 1 is 1.28 bits per heavy atom. The molecule has 0 fully saturated rings.